The molecule has 1 aliphatic carbocycles. The van der Waals surface area contributed by atoms with Crippen molar-refractivity contribution >= 4 is 16.0 Å². The van der Waals surface area contributed by atoms with E-state index in [9.17, 15) is 22.0 Å². The molecule has 110 valence electrons. The monoisotopic (exact) mass is 305 g/mol. The highest BCUT2D eigenvalue weighted by Crippen LogP contribution is 2.32. The minimum atomic E-state index is -4.24. The van der Waals surface area contributed by atoms with Crippen LogP contribution in [0.2, 0.25) is 0 Å². The molecule has 1 aliphatic rings. The van der Waals surface area contributed by atoms with E-state index in [2.05, 4.69) is 0 Å². The van der Waals surface area contributed by atoms with Gasteiger partial charge in [0, 0.05) is 0 Å². The van der Waals surface area contributed by atoms with Gasteiger partial charge in [-0.25, -0.2) is 27.1 Å². The lowest BCUT2D eigenvalue weighted by Gasteiger charge is -2.07. The van der Waals surface area contributed by atoms with Gasteiger partial charge in [-0.1, -0.05) is 12.8 Å². The molecule has 0 aromatic heterocycles. The Kier molecular flexibility index (Phi) is 4.05. The lowest BCUT2D eigenvalue weighted by molar-refractivity contribution is 0.0488. The third-order valence-corrected chi connectivity index (χ3v) is 3.90. The summed E-state index contributed by atoms with van der Waals surface area (Å²) in [5, 5.41) is 4.82. The summed E-state index contributed by atoms with van der Waals surface area (Å²) in [4.78, 5) is 11.0. The lowest BCUT2D eigenvalue weighted by atomic mass is 10.2. The predicted octanol–water partition coefficient (Wildman–Crippen LogP) is 1.57. The fourth-order valence-corrected chi connectivity index (χ4v) is 2.23. The normalized spacial score (nSPS) is 15.2. The number of carbonyl (C=O) groups is 1. The number of carbonyl (C=O) groups excluding carboxylic acids is 1. The van der Waals surface area contributed by atoms with Gasteiger partial charge in [0.15, 0.2) is 11.6 Å². The summed E-state index contributed by atoms with van der Waals surface area (Å²) >= 11 is 0. The number of esters is 1. The van der Waals surface area contributed by atoms with Crippen LogP contribution in [0.4, 0.5) is 8.78 Å². The van der Waals surface area contributed by atoms with Crippen LogP contribution in [-0.4, -0.2) is 21.0 Å². The molecule has 0 spiro atoms. The zero-order chi connectivity index (χ0) is 14.9. The summed E-state index contributed by atoms with van der Waals surface area (Å²) in [6.45, 7) is 0.0875. The smallest absolute Gasteiger partial charge is 0.341 e. The molecule has 0 radical (unpaired) electrons. The molecule has 2 rings (SSSR count). The summed E-state index contributed by atoms with van der Waals surface area (Å²) < 4.78 is 53.8. The van der Waals surface area contributed by atoms with E-state index in [0.29, 0.717) is 24.5 Å². The van der Waals surface area contributed by atoms with Crippen LogP contribution in [0.15, 0.2) is 17.0 Å². The molecular formula is C12H13F2NO4S. The Hall–Kier alpha value is -1.54. The molecule has 2 N–H and O–H groups in total. The zero-order valence-corrected chi connectivity index (χ0v) is 11.3. The third-order valence-electron chi connectivity index (χ3n) is 3.01. The van der Waals surface area contributed by atoms with Crippen LogP contribution in [0.5, 0.6) is 0 Å². The van der Waals surface area contributed by atoms with Crippen molar-refractivity contribution in [2.24, 2.45) is 11.1 Å². The Balaban J connectivity index is 2.20. The Morgan fingerprint density at radius 1 is 1.35 bits per heavy atom. The van der Waals surface area contributed by atoms with Gasteiger partial charge in [0.2, 0.25) is 10.0 Å². The Morgan fingerprint density at radius 3 is 2.55 bits per heavy atom. The topological polar surface area (TPSA) is 86.5 Å². The van der Waals surface area contributed by atoms with Gasteiger partial charge in [0.05, 0.1) is 17.1 Å². The summed E-state index contributed by atoms with van der Waals surface area (Å²) in [6, 6.07) is 1.10. The number of benzene rings is 1. The van der Waals surface area contributed by atoms with Crippen LogP contribution in [-0.2, 0) is 14.8 Å². The Morgan fingerprint density at radius 2 is 2.00 bits per heavy atom. The fourth-order valence-electron chi connectivity index (χ4n) is 1.68. The van der Waals surface area contributed by atoms with Gasteiger partial charge in [-0.15, -0.1) is 0 Å². The molecule has 5 nitrogen and oxygen atoms in total. The average Bonchev–Trinajstić information content (AvgIpc) is 3.15. The lowest BCUT2D eigenvalue weighted by Crippen LogP contribution is -2.16. The zero-order valence-electron chi connectivity index (χ0n) is 10.4. The second kappa shape index (κ2) is 5.45. The number of hydrogen-bond donors (Lipinski definition) is 1. The molecule has 8 heteroatoms. The summed E-state index contributed by atoms with van der Waals surface area (Å²) in [5.41, 5.74) is -0.773. The van der Waals surface area contributed by atoms with E-state index in [1.807, 2.05) is 0 Å². The predicted molar refractivity (Wildman–Crippen MR) is 65.4 cm³/mol. The van der Waals surface area contributed by atoms with Gasteiger partial charge >= 0.3 is 5.97 Å². The highest BCUT2D eigenvalue weighted by molar-refractivity contribution is 7.89. The van der Waals surface area contributed by atoms with Crippen LogP contribution in [0.3, 0.4) is 0 Å². The number of nitrogens with two attached hydrogens (primary N) is 1. The summed E-state index contributed by atoms with van der Waals surface area (Å²) in [7, 11) is -4.24. The highest BCUT2D eigenvalue weighted by atomic mass is 32.2. The van der Waals surface area contributed by atoms with Crippen molar-refractivity contribution in [2.45, 2.75) is 24.2 Å². The van der Waals surface area contributed by atoms with E-state index >= 15 is 0 Å². The van der Waals surface area contributed by atoms with Crippen LogP contribution in [0.25, 0.3) is 0 Å². The first kappa shape index (κ1) is 14.9. The van der Waals surface area contributed by atoms with Crippen LogP contribution >= 0.6 is 0 Å². The van der Waals surface area contributed by atoms with E-state index in [4.69, 9.17) is 9.88 Å². The molecule has 1 fully saturated rings. The van der Waals surface area contributed by atoms with Crippen molar-refractivity contribution < 1.29 is 26.7 Å². The van der Waals surface area contributed by atoms with Crippen molar-refractivity contribution in [2.75, 3.05) is 6.61 Å². The number of primary sulfonamides is 1. The van der Waals surface area contributed by atoms with E-state index < -0.39 is 38.1 Å². The number of sulfonamides is 1. The maximum Gasteiger partial charge on any atom is 0.341 e. The number of hydrogen-bond acceptors (Lipinski definition) is 4. The maximum atomic E-state index is 13.5. The number of ether oxygens (including phenoxy) is 1. The first-order valence-corrected chi connectivity index (χ1v) is 7.52. The second-order valence-electron chi connectivity index (χ2n) is 4.68. The number of rotatable bonds is 5. The molecule has 1 aromatic rings. The minimum absolute atomic E-state index is 0.0875. The third kappa shape index (κ3) is 3.51. The van der Waals surface area contributed by atoms with Gasteiger partial charge in [-0.3, -0.25) is 0 Å². The molecule has 0 saturated heterocycles. The molecule has 0 heterocycles. The molecule has 0 aliphatic heterocycles. The molecule has 20 heavy (non-hydrogen) atoms. The van der Waals surface area contributed by atoms with Gasteiger partial charge in [0.1, 0.15) is 0 Å². The van der Waals surface area contributed by atoms with Crippen molar-refractivity contribution in [3.63, 3.8) is 0 Å². The molecule has 0 bridgehead atoms. The molecular weight excluding hydrogens is 292 g/mol. The van der Waals surface area contributed by atoms with Gasteiger partial charge in [-0.05, 0) is 24.5 Å². The van der Waals surface area contributed by atoms with Crippen molar-refractivity contribution in [1.82, 2.24) is 0 Å². The molecule has 1 aromatic carbocycles. The number of halogens is 2. The molecule has 1 saturated carbocycles. The Bertz CT molecular complexity index is 641. The summed E-state index contributed by atoms with van der Waals surface area (Å²) in [6.07, 6.45) is 2.80. The van der Waals surface area contributed by atoms with Crippen LogP contribution < -0.4 is 5.14 Å². The standard InChI is InChI=1S/C12H13F2NO4S/c13-10-6-8(20(15,17)18)5-9(11(10)14)12(16)19-4-3-7-1-2-7/h5-7H,1-4H2,(H2,15,17,18). The molecule has 0 amide bonds. The van der Waals surface area contributed by atoms with Crippen LogP contribution in [0, 0.1) is 17.6 Å². The highest BCUT2D eigenvalue weighted by Gasteiger charge is 2.24. The van der Waals surface area contributed by atoms with Gasteiger partial charge in [0.25, 0.3) is 0 Å². The van der Waals surface area contributed by atoms with E-state index in [1.54, 1.807) is 0 Å². The van der Waals surface area contributed by atoms with E-state index in [1.165, 1.54) is 0 Å². The van der Waals surface area contributed by atoms with E-state index in [0.717, 1.165) is 12.8 Å². The minimum Gasteiger partial charge on any atom is -0.462 e. The Labute approximate surface area is 114 Å². The fraction of sp³-hybridized carbons (Fsp3) is 0.417. The maximum absolute atomic E-state index is 13.5. The first-order chi connectivity index (χ1) is 9.29. The quantitative estimate of drug-likeness (QED) is 0.837. The summed E-state index contributed by atoms with van der Waals surface area (Å²) in [5.74, 6) is -3.51. The SMILES string of the molecule is NS(=O)(=O)c1cc(F)c(F)c(C(=O)OCCC2CC2)c1. The van der Waals surface area contributed by atoms with E-state index in [-0.39, 0.29) is 6.61 Å². The van der Waals surface area contributed by atoms with Crippen molar-refractivity contribution in [1.29, 1.82) is 0 Å². The first-order valence-electron chi connectivity index (χ1n) is 5.98. The van der Waals surface area contributed by atoms with Crippen molar-refractivity contribution in [3.8, 4) is 0 Å². The van der Waals surface area contributed by atoms with Gasteiger partial charge in [-0.2, -0.15) is 0 Å². The largest absolute Gasteiger partial charge is 0.462 e. The molecule has 0 unspecified atom stereocenters. The van der Waals surface area contributed by atoms with Crippen molar-refractivity contribution in [3.05, 3.63) is 29.3 Å². The van der Waals surface area contributed by atoms with Gasteiger partial charge < -0.3 is 4.74 Å². The molecule has 0 atom stereocenters. The second-order valence-corrected chi connectivity index (χ2v) is 6.24. The average molecular weight is 305 g/mol. The van der Waals surface area contributed by atoms with Crippen LogP contribution in [0.1, 0.15) is 29.6 Å².